The molecule has 1 aliphatic carbocycles. The molecule has 1 aliphatic heterocycles. The van der Waals surface area contributed by atoms with Gasteiger partial charge in [0.1, 0.15) is 0 Å². The summed E-state index contributed by atoms with van der Waals surface area (Å²) in [6.45, 7) is 3.57. The monoisotopic (exact) mass is 238 g/mol. The lowest BCUT2D eigenvalue weighted by molar-refractivity contribution is -0.181. The summed E-state index contributed by atoms with van der Waals surface area (Å²) in [6, 6.07) is 0. The summed E-state index contributed by atoms with van der Waals surface area (Å²) in [7, 11) is 0. The van der Waals surface area contributed by atoms with E-state index in [4.69, 9.17) is 9.47 Å². The molecular weight excluding hydrogens is 216 g/mol. The van der Waals surface area contributed by atoms with Crippen molar-refractivity contribution in [3.05, 3.63) is 11.6 Å². The molecule has 0 saturated carbocycles. The molecule has 0 bridgehead atoms. The van der Waals surface area contributed by atoms with Crippen LogP contribution in [0.4, 0.5) is 0 Å². The predicted octanol–water partition coefficient (Wildman–Crippen LogP) is 2.85. The number of allylic oxidation sites excluding steroid dienone is 2. The molecule has 96 valence electrons. The number of carbonyl (C=O) groups excluding carboxylic acids is 1. The highest BCUT2D eigenvalue weighted by Gasteiger charge is 2.20. The Kier molecular flexibility index (Phi) is 4.75. The standard InChI is InChI=1S/C14H22O3/c1-11-6-7-12(10-13(11)15)4-2-5-14-16-8-3-9-17-14/h6,12,14H,2-5,7-10H2,1H3. The lowest BCUT2D eigenvalue weighted by Crippen LogP contribution is -2.25. The van der Waals surface area contributed by atoms with Crippen molar-refractivity contribution in [3.63, 3.8) is 0 Å². The van der Waals surface area contributed by atoms with Crippen LogP contribution in [0, 0.1) is 5.92 Å². The molecule has 1 fully saturated rings. The van der Waals surface area contributed by atoms with Gasteiger partial charge < -0.3 is 9.47 Å². The maximum atomic E-state index is 11.6. The van der Waals surface area contributed by atoms with Crippen molar-refractivity contribution in [3.8, 4) is 0 Å². The molecule has 0 radical (unpaired) electrons. The van der Waals surface area contributed by atoms with Crippen molar-refractivity contribution in [2.24, 2.45) is 5.92 Å². The second-order valence-corrected chi connectivity index (χ2v) is 5.07. The highest BCUT2D eigenvalue weighted by molar-refractivity contribution is 5.95. The van der Waals surface area contributed by atoms with Gasteiger partial charge in [0.05, 0.1) is 13.2 Å². The Bertz CT molecular complexity index is 290. The van der Waals surface area contributed by atoms with E-state index in [0.717, 1.165) is 57.3 Å². The van der Waals surface area contributed by atoms with Gasteiger partial charge in [-0.05, 0) is 50.5 Å². The highest BCUT2D eigenvalue weighted by Crippen LogP contribution is 2.25. The third-order valence-electron chi connectivity index (χ3n) is 3.62. The van der Waals surface area contributed by atoms with Gasteiger partial charge in [-0.25, -0.2) is 0 Å². The van der Waals surface area contributed by atoms with Gasteiger partial charge in [-0.15, -0.1) is 0 Å². The zero-order valence-corrected chi connectivity index (χ0v) is 10.6. The van der Waals surface area contributed by atoms with Crippen LogP contribution >= 0.6 is 0 Å². The Morgan fingerprint density at radius 3 is 2.76 bits per heavy atom. The summed E-state index contributed by atoms with van der Waals surface area (Å²) in [5.74, 6) is 0.862. The fourth-order valence-electron chi connectivity index (χ4n) is 2.46. The lowest BCUT2D eigenvalue weighted by Gasteiger charge is -2.24. The summed E-state index contributed by atoms with van der Waals surface area (Å²) < 4.78 is 11.0. The van der Waals surface area contributed by atoms with Gasteiger partial charge in [-0.1, -0.05) is 6.08 Å². The van der Waals surface area contributed by atoms with E-state index in [9.17, 15) is 4.79 Å². The minimum atomic E-state index is 0.000297. The van der Waals surface area contributed by atoms with Crippen LogP contribution in [0.3, 0.4) is 0 Å². The van der Waals surface area contributed by atoms with Gasteiger partial charge in [0.25, 0.3) is 0 Å². The van der Waals surface area contributed by atoms with Crippen molar-refractivity contribution in [2.45, 2.75) is 51.7 Å². The van der Waals surface area contributed by atoms with Crippen molar-refractivity contribution in [1.82, 2.24) is 0 Å². The van der Waals surface area contributed by atoms with Crippen molar-refractivity contribution in [1.29, 1.82) is 0 Å². The quantitative estimate of drug-likeness (QED) is 0.755. The van der Waals surface area contributed by atoms with Crippen LogP contribution < -0.4 is 0 Å². The predicted molar refractivity (Wildman–Crippen MR) is 65.6 cm³/mol. The van der Waals surface area contributed by atoms with E-state index >= 15 is 0 Å². The third kappa shape index (κ3) is 3.93. The summed E-state index contributed by atoms with van der Waals surface area (Å²) in [5.41, 5.74) is 0.945. The van der Waals surface area contributed by atoms with Gasteiger partial charge in [-0.3, -0.25) is 4.79 Å². The fraction of sp³-hybridized carbons (Fsp3) is 0.786. The molecular formula is C14H22O3. The van der Waals surface area contributed by atoms with Gasteiger partial charge in [0, 0.05) is 6.42 Å². The van der Waals surface area contributed by atoms with Gasteiger partial charge >= 0.3 is 0 Å². The maximum Gasteiger partial charge on any atom is 0.158 e. The van der Waals surface area contributed by atoms with E-state index in [1.54, 1.807) is 0 Å². The maximum absolute atomic E-state index is 11.6. The SMILES string of the molecule is CC1=CCC(CCCC2OCCCO2)CC1=O. The molecule has 1 unspecified atom stereocenters. The number of hydrogen-bond acceptors (Lipinski definition) is 3. The normalized spacial score (nSPS) is 27.0. The first-order chi connectivity index (χ1) is 8.25. The second kappa shape index (κ2) is 6.31. The topological polar surface area (TPSA) is 35.5 Å². The van der Waals surface area contributed by atoms with Crippen LogP contribution in [-0.2, 0) is 14.3 Å². The minimum absolute atomic E-state index is 0.000297. The van der Waals surface area contributed by atoms with Crippen molar-refractivity contribution < 1.29 is 14.3 Å². The second-order valence-electron chi connectivity index (χ2n) is 5.07. The largest absolute Gasteiger partial charge is 0.353 e. The number of hydrogen-bond donors (Lipinski definition) is 0. The van der Waals surface area contributed by atoms with Crippen LogP contribution in [-0.4, -0.2) is 25.3 Å². The van der Waals surface area contributed by atoms with Crippen LogP contribution in [0.5, 0.6) is 0 Å². The van der Waals surface area contributed by atoms with Crippen LogP contribution in [0.25, 0.3) is 0 Å². The number of Topliss-reactive ketones (excluding diaryl/α,β-unsaturated/α-hetero) is 1. The highest BCUT2D eigenvalue weighted by atomic mass is 16.7. The Labute approximate surface area is 103 Å². The molecule has 17 heavy (non-hydrogen) atoms. The fourth-order valence-corrected chi connectivity index (χ4v) is 2.46. The van der Waals surface area contributed by atoms with E-state index < -0.39 is 0 Å². The van der Waals surface area contributed by atoms with Gasteiger partial charge in [0.15, 0.2) is 12.1 Å². The van der Waals surface area contributed by atoms with Crippen molar-refractivity contribution in [2.75, 3.05) is 13.2 Å². The number of ketones is 1. The van der Waals surface area contributed by atoms with E-state index in [0.29, 0.717) is 11.7 Å². The Morgan fingerprint density at radius 1 is 1.29 bits per heavy atom. The van der Waals surface area contributed by atoms with Crippen molar-refractivity contribution >= 4 is 5.78 Å². The van der Waals surface area contributed by atoms with E-state index in [1.807, 2.05) is 6.92 Å². The molecule has 1 heterocycles. The molecule has 1 saturated heterocycles. The van der Waals surface area contributed by atoms with Gasteiger partial charge in [0.2, 0.25) is 0 Å². The summed E-state index contributed by atoms with van der Waals surface area (Å²) >= 11 is 0. The molecule has 2 aliphatic rings. The third-order valence-corrected chi connectivity index (χ3v) is 3.62. The summed E-state index contributed by atoms with van der Waals surface area (Å²) in [5, 5.41) is 0. The number of rotatable bonds is 4. The van der Waals surface area contributed by atoms with Crippen LogP contribution in [0.1, 0.15) is 45.4 Å². The number of carbonyl (C=O) groups is 1. The molecule has 0 aromatic heterocycles. The molecule has 0 N–H and O–H groups in total. The molecule has 2 rings (SSSR count). The molecule has 0 aromatic carbocycles. The van der Waals surface area contributed by atoms with E-state index in [-0.39, 0.29) is 6.29 Å². The first kappa shape index (κ1) is 12.8. The summed E-state index contributed by atoms with van der Waals surface area (Å²) in [4.78, 5) is 11.6. The molecule has 0 amide bonds. The molecule has 0 aromatic rings. The Balaban J connectivity index is 1.64. The molecule has 3 heteroatoms. The first-order valence-corrected chi connectivity index (χ1v) is 6.69. The van der Waals surface area contributed by atoms with E-state index in [1.165, 1.54) is 0 Å². The average molecular weight is 238 g/mol. The van der Waals surface area contributed by atoms with Crippen LogP contribution in [0.2, 0.25) is 0 Å². The summed E-state index contributed by atoms with van der Waals surface area (Å²) in [6.07, 6.45) is 8.06. The first-order valence-electron chi connectivity index (χ1n) is 6.69. The lowest BCUT2D eigenvalue weighted by atomic mass is 9.86. The Hall–Kier alpha value is -0.670. The zero-order chi connectivity index (χ0) is 12.1. The van der Waals surface area contributed by atoms with E-state index in [2.05, 4.69) is 6.08 Å². The average Bonchev–Trinajstić information content (AvgIpc) is 2.35. The minimum Gasteiger partial charge on any atom is -0.353 e. The zero-order valence-electron chi connectivity index (χ0n) is 10.6. The molecule has 1 atom stereocenters. The molecule has 0 spiro atoms. The molecule has 3 nitrogen and oxygen atoms in total. The Morgan fingerprint density at radius 2 is 2.06 bits per heavy atom. The smallest absolute Gasteiger partial charge is 0.158 e. The van der Waals surface area contributed by atoms with Gasteiger partial charge in [-0.2, -0.15) is 0 Å². The number of ether oxygens (including phenoxy) is 2. The van der Waals surface area contributed by atoms with Crippen LogP contribution in [0.15, 0.2) is 11.6 Å².